The number of hydrogen-bond donors (Lipinski definition) is 0. The minimum atomic E-state index is 1.15. The first kappa shape index (κ1) is 17.8. The summed E-state index contributed by atoms with van der Waals surface area (Å²) in [6, 6.07) is 0. The minimum absolute atomic E-state index is 1.15. The van der Waals surface area contributed by atoms with Crippen LogP contribution < -0.4 is 0 Å². The molecule has 0 radical (unpaired) electrons. The van der Waals surface area contributed by atoms with E-state index in [0.717, 1.165) is 13.1 Å². The zero-order chi connectivity index (χ0) is 14.0. The molecule has 0 aromatic heterocycles. The quantitative estimate of drug-likeness (QED) is 0.507. The molecule has 0 atom stereocenters. The largest absolute Gasteiger partial charge is 0.308 e. The van der Waals surface area contributed by atoms with Crippen molar-refractivity contribution in [1.82, 2.24) is 19.6 Å². The Morgan fingerprint density at radius 2 is 0.778 bits per heavy atom. The zero-order valence-corrected chi connectivity index (χ0v) is 13.4. The summed E-state index contributed by atoms with van der Waals surface area (Å²) in [5.74, 6) is 0. The average Bonchev–Trinajstić information content (AvgIpc) is 2.29. The van der Waals surface area contributed by atoms with Gasteiger partial charge >= 0.3 is 0 Å². The summed E-state index contributed by atoms with van der Waals surface area (Å²) in [4.78, 5) is 9.34. The summed E-state index contributed by atoms with van der Waals surface area (Å²) in [7, 11) is 13.0. The third-order valence-electron chi connectivity index (χ3n) is 3.19. The van der Waals surface area contributed by atoms with Gasteiger partial charge in [-0.05, 0) is 68.2 Å². The van der Waals surface area contributed by atoms with E-state index in [1.807, 2.05) is 0 Å². The molecule has 0 heterocycles. The Bertz CT molecular complexity index is 163. The second-order valence-electron chi connectivity index (χ2n) is 5.92. The van der Waals surface area contributed by atoms with Crippen LogP contribution in [0.2, 0.25) is 0 Å². The van der Waals surface area contributed by atoms with Crippen LogP contribution in [0.4, 0.5) is 0 Å². The first-order valence-corrected chi connectivity index (χ1v) is 7.08. The Morgan fingerprint density at radius 1 is 0.444 bits per heavy atom. The lowest BCUT2D eigenvalue weighted by Crippen LogP contribution is -2.31. The van der Waals surface area contributed by atoms with E-state index in [4.69, 9.17) is 0 Å². The molecular weight excluding hydrogens is 224 g/mol. The van der Waals surface area contributed by atoms with Gasteiger partial charge in [-0.15, -0.1) is 0 Å². The Balaban J connectivity index is 3.37. The molecule has 0 aromatic rings. The number of nitrogens with zero attached hydrogens (tertiary/aromatic N) is 4. The fraction of sp³-hybridized carbons (Fsp3) is 1.00. The molecule has 0 aliphatic rings. The van der Waals surface area contributed by atoms with Crippen LogP contribution in [0.3, 0.4) is 0 Å². The zero-order valence-electron chi connectivity index (χ0n) is 13.4. The van der Waals surface area contributed by atoms with Gasteiger partial charge in [-0.2, -0.15) is 0 Å². The predicted octanol–water partition coefficient (Wildman–Crippen LogP) is 0.753. The molecule has 0 bridgehead atoms. The molecule has 0 amide bonds. The van der Waals surface area contributed by atoms with Crippen molar-refractivity contribution in [2.75, 3.05) is 81.6 Å². The SMILES string of the molecule is CN(C)CCN(C)CCCCN(C)CCN(C)C. The number of hydrogen-bond acceptors (Lipinski definition) is 4. The van der Waals surface area contributed by atoms with Crippen LogP contribution >= 0.6 is 0 Å². The third kappa shape index (κ3) is 12.3. The number of unbranched alkanes of at least 4 members (excludes halogenated alkanes) is 1. The van der Waals surface area contributed by atoms with E-state index in [1.165, 1.54) is 39.0 Å². The van der Waals surface area contributed by atoms with E-state index in [-0.39, 0.29) is 0 Å². The topological polar surface area (TPSA) is 13.0 Å². The molecule has 0 unspecified atom stereocenters. The molecule has 0 saturated carbocycles. The van der Waals surface area contributed by atoms with Crippen LogP contribution in [-0.2, 0) is 0 Å². The van der Waals surface area contributed by atoms with Crippen molar-refractivity contribution < 1.29 is 0 Å². The number of likely N-dealkylation sites (N-methyl/N-ethyl adjacent to an activating group) is 4. The molecule has 0 rings (SSSR count). The van der Waals surface area contributed by atoms with E-state index >= 15 is 0 Å². The highest BCUT2D eigenvalue weighted by molar-refractivity contribution is 4.58. The average molecular weight is 258 g/mol. The second-order valence-corrected chi connectivity index (χ2v) is 5.92. The predicted molar refractivity (Wildman–Crippen MR) is 81.3 cm³/mol. The van der Waals surface area contributed by atoms with Crippen molar-refractivity contribution in [2.45, 2.75) is 12.8 Å². The van der Waals surface area contributed by atoms with Crippen molar-refractivity contribution in [1.29, 1.82) is 0 Å². The van der Waals surface area contributed by atoms with E-state index in [1.54, 1.807) is 0 Å². The molecule has 0 saturated heterocycles. The van der Waals surface area contributed by atoms with Crippen LogP contribution in [-0.4, -0.2) is 101 Å². The lowest BCUT2D eigenvalue weighted by molar-refractivity contribution is 0.256. The maximum Gasteiger partial charge on any atom is 0.0106 e. The molecule has 110 valence electrons. The molecule has 0 spiro atoms. The standard InChI is InChI=1S/C14H34N4/c1-15(2)11-13-17(5)9-7-8-10-18(6)14-12-16(3)4/h7-14H2,1-6H3. The Morgan fingerprint density at radius 3 is 1.06 bits per heavy atom. The maximum absolute atomic E-state index is 2.43. The van der Waals surface area contributed by atoms with Crippen LogP contribution in [0.15, 0.2) is 0 Å². The maximum atomic E-state index is 2.43. The second kappa shape index (κ2) is 10.7. The van der Waals surface area contributed by atoms with E-state index in [2.05, 4.69) is 61.9 Å². The van der Waals surface area contributed by atoms with Gasteiger partial charge in [0.25, 0.3) is 0 Å². The van der Waals surface area contributed by atoms with E-state index in [9.17, 15) is 0 Å². The van der Waals surface area contributed by atoms with Crippen molar-refractivity contribution >= 4 is 0 Å². The molecular formula is C14H34N4. The fourth-order valence-electron chi connectivity index (χ4n) is 1.73. The Kier molecular flexibility index (Phi) is 10.6. The van der Waals surface area contributed by atoms with Gasteiger partial charge in [-0.25, -0.2) is 0 Å². The number of rotatable bonds is 11. The van der Waals surface area contributed by atoms with Gasteiger partial charge in [0.1, 0.15) is 0 Å². The van der Waals surface area contributed by atoms with Gasteiger partial charge in [0.15, 0.2) is 0 Å². The molecule has 0 fully saturated rings. The van der Waals surface area contributed by atoms with Crippen molar-refractivity contribution in [3.8, 4) is 0 Å². The van der Waals surface area contributed by atoms with Gasteiger partial charge in [0, 0.05) is 26.2 Å². The molecule has 4 heteroatoms. The van der Waals surface area contributed by atoms with Gasteiger partial charge < -0.3 is 19.6 Å². The van der Waals surface area contributed by atoms with Gasteiger partial charge in [-0.1, -0.05) is 0 Å². The molecule has 18 heavy (non-hydrogen) atoms. The van der Waals surface area contributed by atoms with Crippen LogP contribution in [0.5, 0.6) is 0 Å². The summed E-state index contributed by atoms with van der Waals surface area (Å²) in [6.07, 6.45) is 2.60. The summed E-state index contributed by atoms with van der Waals surface area (Å²) in [6.45, 7) is 7.08. The monoisotopic (exact) mass is 258 g/mol. The van der Waals surface area contributed by atoms with E-state index in [0.29, 0.717) is 0 Å². The molecule has 0 aromatic carbocycles. The lowest BCUT2D eigenvalue weighted by atomic mass is 10.3. The molecule has 0 aliphatic carbocycles. The normalized spacial score (nSPS) is 12.3. The fourth-order valence-corrected chi connectivity index (χ4v) is 1.73. The summed E-state index contributed by atoms with van der Waals surface area (Å²) < 4.78 is 0. The molecule has 0 N–H and O–H groups in total. The highest BCUT2D eigenvalue weighted by atomic mass is 15.2. The summed E-state index contributed by atoms with van der Waals surface area (Å²) >= 11 is 0. The van der Waals surface area contributed by atoms with Gasteiger partial charge in [-0.3, -0.25) is 0 Å². The Labute approximate surface area is 115 Å². The third-order valence-corrected chi connectivity index (χ3v) is 3.19. The first-order valence-electron chi connectivity index (χ1n) is 7.08. The highest BCUT2D eigenvalue weighted by Gasteiger charge is 2.01. The Hall–Kier alpha value is -0.160. The highest BCUT2D eigenvalue weighted by Crippen LogP contribution is 1.96. The van der Waals surface area contributed by atoms with Crippen molar-refractivity contribution in [3.05, 3.63) is 0 Å². The van der Waals surface area contributed by atoms with Crippen molar-refractivity contribution in [2.24, 2.45) is 0 Å². The van der Waals surface area contributed by atoms with Crippen molar-refractivity contribution in [3.63, 3.8) is 0 Å². The van der Waals surface area contributed by atoms with Gasteiger partial charge in [0.2, 0.25) is 0 Å². The summed E-state index contributed by atoms with van der Waals surface area (Å²) in [5.41, 5.74) is 0. The molecule has 4 nitrogen and oxygen atoms in total. The van der Waals surface area contributed by atoms with E-state index < -0.39 is 0 Å². The smallest absolute Gasteiger partial charge is 0.0106 e. The summed E-state index contributed by atoms with van der Waals surface area (Å²) in [5, 5.41) is 0. The van der Waals surface area contributed by atoms with Crippen LogP contribution in [0.1, 0.15) is 12.8 Å². The van der Waals surface area contributed by atoms with Crippen LogP contribution in [0, 0.1) is 0 Å². The molecule has 0 aliphatic heterocycles. The lowest BCUT2D eigenvalue weighted by Gasteiger charge is -2.21. The van der Waals surface area contributed by atoms with Crippen LogP contribution in [0.25, 0.3) is 0 Å². The van der Waals surface area contributed by atoms with Gasteiger partial charge in [0.05, 0.1) is 0 Å². The minimum Gasteiger partial charge on any atom is -0.308 e. The first-order chi connectivity index (χ1) is 8.41.